The Morgan fingerprint density at radius 1 is 0.810 bits per heavy atom. The van der Waals surface area contributed by atoms with E-state index < -0.39 is 0 Å². The lowest BCUT2D eigenvalue weighted by atomic mass is 10.1. The Morgan fingerprint density at radius 3 is 2.24 bits per heavy atom. The SMILES string of the molecule is Nc1cncc(Oc2ccc(Cc3ccccc3)cc2)c1. The molecule has 0 saturated heterocycles. The molecule has 0 aliphatic heterocycles. The Hall–Kier alpha value is -2.81. The maximum absolute atomic E-state index is 5.72. The van der Waals surface area contributed by atoms with Crippen LogP contribution in [0.3, 0.4) is 0 Å². The fourth-order valence-corrected chi connectivity index (χ4v) is 2.13. The van der Waals surface area contributed by atoms with E-state index in [0.717, 1.165) is 12.2 Å². The molecule has 1 heterocycles. The lowest BCUT2D eigenvalue weighted by molar-refractivity contribution is 0.480. The number of aromatic nitrogens is 1. The first-order chi connectivity index (χ1) is 10.3. The van der Waals surface area contributed by atoms with Crippen LogP contribution in [0.1, 0.15) is 11.1 Å². The molecule has 3 nitrogen and oxygen atoms in total. The molecule has 0 bridgehead atoms. The second-order valence-corrected chi connectivity index (χ2v) is 4.86. The Balaban J connectivity index is 1.69. The molecule has 3 aromatic rings. The number of benzene rings is 2. The molecule has 0 spiro atoms. The van der Waals surface area contributed by atoms with E-state index in [4.69, 9.17) is 10.5 Å². The summed E-state index contributed by atoms with van der Waals surface area (Å²) in [5.74, 6) is 1.42. The van der Waals surface area contributed by atoms with Gasteiger partial charge < -0.3 is 10.5 Å². The molecule has 2 aromatic carbocycles. The van der Waals surface area contributed by atoms with Crippen molar-refractivity contribution in [2.45, 2.75) is 6.42 Å². The smallest absolute Gasteiger partial charge is 0.147 e. The second-order valence-electron chi connectivity index (χ2n) is 4.86. The van der Waals surface area contributed by atoms with Gasteiger partial charge in [-0.1, -0.05) is 42.5 Å². The summed E-state index contributed by atoms with van der Waals surface area (Å²) < 4.78 is 5.72. The molecule has 0 radical (unpaired) electrons. The van der Waals surface area contributed by atoms with Crippen molar-refractivity contribution in [1.29, 1.82) is 0 Å². The van der Waals surface area contributed by atoms with Crippen LogP contribution in [0.15, 0.2) is 73.1 Å². The zero-order valence-corrected chi connectivity index (χ0v) is 11.6. The maximum Gasteiger partial charge on any atom is 0.147 e. The predicted molar refractivity (Wildman–Crippen MR) is 84.4 cm³/mol. The van der Waals surface area contributed by atoms with Crippen LogP contribution in [0.25, 0.3) is 0 Å². The Bertz CT molecular complexity index is 709. The van der Waals surface area contributed by atoms with E-state index >= 15 is 0 Å². The topological polar surface area (TPSA) is 48.1 Å². The van der Waals surface area contributed by atoms with Gasteiger partial charge in [0, 0.05) is 6.07 Å². The van der Waals surface area contributed by atoms with Crippen molar-refractivity contribution in [3.63, 3.8) is 0 Å². The summed E-state index contributed by atoms with van der Waals surface area (Å²) in [5, 5.41) is 0. The van der Waals surface area contributed by atoms with Crippen LogP contribution >= 0.6 is 0 Å². The monoisotopic (exact) mass is 276 g/mol. The number of nitrogens with two attached hydrogens (primary N) is 1. The van der Waals surface area contributed by atoms with Crippen LogP contribution in [0, 0.1) is 0 Å². The molecule has 0 amide bonds. The minimum Gasteiger partial charge on any atom is -0.456 e. The Labute approximate surface area is 124 Å². The molecule has 0 aliphatic carbocycles. The quantitative estimate of drug-likeness (QED) is 0.782. The van der Waals surface area contributed by atoms with Crippen LogP contribution in [-0.4, -0.2) is 4.98 Å². The third kappa shape index (κ3) is 3.60. The summed E-state index contributed by atoms with van der Waals surface area (Å²) >= 11 is 0. The van der Waals surface area contributed by atoms with E-state index in [1.807, 2.05) is 18.2 Å². The molecule has 3 rings (SSSR count). The Kier molecular flexibility index (Phi) is 3.83. The third-order valence-corrected chi connectivity index (χ3v) is 3.14. The van der Waals surface area contributed by atoms with Gasteiger partial charge >= 0.3 is 0 Å². The molecule has 0 fully saturated rings. The van der Waals surface area contributed by atoms with E-state index in [-0.39, 0.29) is 0 Å². The number of nitrogen functional groups attached to an aromatic ring is 1. The largest absolute Gasteiger partial charge is 0.456 e. The number of nitrogens with zero attached hydrogens (tertiary/aromatic N) is 1. The van der Waals surface area contributed by atoms with Gasteiger partial charge in [0.05, 0.1) is 18.1 Å². The maximum atomic E-state index is 5.72. The van der Waals surface area contributed by atoms with Gasteiger partial charge in [-0.25, -0.2) is 0 Å². The first kappa shape index (κ1) is 13.2. The third-order valence-electron chi connectivity index (χ3n) is 3.14. The molecule has 0 saturated carbocycles. The van der Waals surface area contributed by atoms with Gasteiger partial charge in [0.2, 0.25) is 0 Å². The van der Waals surface area contributed by atoms with Gasteiger partial charge in [-0.05, 0) is 29.7 Å². The van der Waals surface area contributed by atoms with Crippen molar-refractivity contribution in [2.75, 3.05) is 5.73 Å². The van der Waals surface area contributed by atoms with E-state index in [2.05, 4.69) is 41.4 Å². The number of hydrogen-bond donors (Lipinski definition) is 1. The van der Waals surface area contributed by atoms with Gasteiger partial charge in [0.15, 0.2) is 0 Å². The summed E-state index contributed by atoms with van der Waals surface area (Å²) in [6.45, 7) is 0. The number of ether oxygens (including phenoxy) is 1. The highest BCUT2D eigenvalue weighted by atomic mass is 16.5. The van der Waals surface area contributed by atoms with Crippen molar-refractivity contribution in [2.24, 2.45) is 0 Å². The van der Waals surface area contributed by atoms with Crippen LogP contribution < -0.4 is 10.5 Å². The van der Waals surface area contributed by atoms with E-state index in [1.165, 1.54) is 11.1 Å². The minimum absolute atomic E-state index is 0.591. The molecule has 3 heteroatoms. The summed E-state index contributed by atoms with van der Waals surface area (Å²) in [6.07, 6.45) is 4.16. The van der Waals surface area contributed by atoms with E-state index in [0.29, 0.717) is 11.4 Å². The predicted octanol–water partition coefficient (Wildman–Crippen LogP) is 4.05. The van der Waals surface area contributed by atoms with Crippen molar-refractivity contribution in [1.82, 2.24) is 4.98 Å². The fourth-order valence-electron chi connectivity index (χ4n) is 2.13. The van der Waals surface area contributed by atoms with Crippen molar-refractivity contribution < 1.29 is 4.74 Å². The van der Waals surface area contributed by atoms with Crippen molar-refractivity contribution in [3.8, 4) is 11.5 Å². The molecule has 1 aromatic heterocycles. The normalized spacial score (nSPS) is 10.3. The Morgan fingerprint density at radius 2 is 1.52 bits per heavy atom. The number of pyridine rings is 1. The average Bonchev–Trinajstić information content (AvgIpc) is 2.50. The van der Waals surface area contributed by atoms with Gasteiger partial charge in [-0.15, -0.1) is 0 Å². The lowest BCUT2D eigenvalue weighted by Crippen LogP contribution is -1.91. The molecule has 0 aliphatic rings. The first-order valence-electron chi connectivity index (χ1n) is 6.81. The van der Waals surface area contributed by atoms with Crippen LogP contribution in [0.5, 0.6) is 11.5 Å². The van der Waals surface area contributed by atoms with E-state index in [1.54, 1.807) is 18.5 Å². The molecule has 21 heavy (non-hydrogen) atoms. The second kappa shape index (κ2) is 6.09. The lowest BCUT2D eigenvalue weighted by Gasteiger charge is -2.07. The van der Waals surface area contributed by atoms with Gasteiger partial charge in [0.1, 0.15) is 11.5 Å². The molecular weight excluding hydrogens is 260 g/mol. The van der Waals surface area contributed by atoms with E-state index in [9.17, 15) is 0 Å². The van der Waals surface area contributed by atoms with Crippen LogP contribution in [0.4, 0.5) is 5.69 Å². The summed E-state index contributed by atoms with van der Waals surface area (Å²) in [4.78, 5) is 4.00. The molecular formula is C18H16N2O. The highest BCUT2D eigenvalue weighted by Crippen LogP contribution is 2.23. The number of rotatable bonds is 4. The molecule has 0 atom stereocenters. The van der Waals surface area contributed by atoms with Crippen LogP contribution in [-0.2, 0) is 6.42 Å². The zero-order chi connectivity index (χ0) is 14.5. The standard InChI is InChI=1S/C18H16N2O/c19-16-11-18(13-20-12-16)21-17-8-6-15(7-9-17)10-14-4-2-1-3-5-14/h1-9,11-13H,10,19H2. The van der Waals surface area contributed by atoms with Crippen molar-refractivity contribution in [3.05, 3.63) is 84.2 Å². The molecule has 0 unspecified atom stereocenters. The number of hydrogen-bond acceptors (Lipinski definition) is 3. The summed E-state index contributed by atoms with van der Waals surface area (Å²) in [5.41, 5.74) is 8.82. The van der Waals surface area contributed by atoms with Crippen LogP contribution in [0.2, 0.25) is 0 Å². The average molecular weight is 276 g/mol. The zero-order valence-electron chi connectivity index (χ0n) is 11.6. The summed E-state index contributed by atoms with van der Waals surface area (Å²) in [7, 11) is 0. The fraction of sp³-hybridized carbons (Fsp3) is 0.0556. The molecule has 2 N–H and O–H groups in total. The van der Waals surface area contributed by atoms with Gasteiger partial charge in [-0.3, -0.25) is 4.98 Å². The van der Waals surface area contributed by atoms with Crippen molar-refractivity contribution >= 4 is 5.69 Å². The number of anilines is 1. The highest BCUT2D eigenvalue weighted by molar-refractivity contribution is 5.42. The van der Waals surface area contributed by atoms with Gasteiger partial charge in [0.25, 0.3) is 0 Å². The minimum atomic E-state index is 0.591. The highest BCUT2D eigenvalue weighted by Gasteiger charge is 2.00. The van der Waals surface area contributed by atoms with Gasteiger partial charge in [-0.2, -0.15) is 0 Å². The summed E-state index contributed by atoms with van der Waals surface area (Å²) in [6, 6.07) is 20.2. The molecule has 104 valence electrons. The first-order valence-corrected chi connectivity index (χ1v) is 6.81.